The summed E-state index contributed by atoms with van der Waals surface area (Å²) in [6.45, 7) is 7.73. The van der Waals surface area contributed by atoms with E-state index in [1.807, 2.05) is 45.9 Å². The van der Waals surface area contributed by atoms with Gasteiger partial charge in [0.25, 0.3) is 0 Å². The van der Waals surface area contributed by atoms with Gasteiger partial charge in [-0.2, -0.15) is 13.2 Å². The number of rotatable bonds is 2. The second-order valence-corrected chi connectivity index (χ2v) is 5.78. The number of alkyl halides is 3. The van der Waals surface area contributed by atoms with Crippen LogP contribution in [-0.4, -0.2) is 0 Å². The van der Waals surface area contributed by atoms with Crippen LogP contribution in [0.3, 0.4) is 0 Å². The minimum absolute atomic E-state index is 0.266. The molecule has 0 nitrogen and oxygen atoms in total. The second kappa shape index (κ2) is 5.55. The lowest BCUT2D eigenvalue weighted by atomic mass is 9.90. The Morgan fingerprint density at radius 2 is 1.52 bits per heavy atom. The van der Waals surface area contributed by atoms with Crippen molar-refractivity contribution in [1.29, 1.82) is 0 Å². The van der Waals surface area contributed by atoms with E-state index in [1.165, 1.54) is 12.1 Å². The summed E-state index contributed by atoms with van der Waals surface area (Å²) in [6, 6.07) is 10.1. The van der Waals surface area contributed by atoms with E-state index in [-0.39, 0.29) is 11.5 Å². The molecule has 2 rings (SSSR count). The fraction of sp³-hybridized carbons (Fsp3) is 0.333. The highest BCUT2D eigenvalue weighted by Gasteiger charge is 2.33. The predicted octanol–water partition coefficient (Wildman–Crippen LogP) is 6.11. The van der Waals surface area contributed by atoms with E-state index in [0.717, 1.165) is 16.7 Å². The molecule has 112 valence electrons. The minimum atomic E-state index is -4.34. The van der Waals surface area contributed by atoms with E-state index < -0.39 is 11.7 Å². The van der Waals surface area contributed by atoms with Crippen molar-refractivity contribution in [3.05, 3.63) is 58.7 Å². The topological polar surface area (TPSA) is 0 Å². The Bertz CT molecular complexity index is 652. The number of benzene rings is 2. The highest BCUT2D eigenvalue weighted by atomic mass is 19.4. The third kappa shape index (κ3) is 3.29. The molecule has 0 N–H and O–H groups in total. The van der Waals surface area contributed by atoms with Crippen molar-refractivity contribution in [3.63, 3.8) is 0 Å². The molecular weight excluding hydrogens is 273 g/mol. The lowest BCUT2D eigenvalue weighted by Gasteiger charge is -2.17. The number of aryl methyl sites for hydroxylation is 2. The van der Waals surface area contributed by atoms with E-state index in [9.17, 15) is 13.2 Å². The van der Waals surface area contributed by atoms with Crippen molar-refractivity contribution in [1.82, 2.24) is 0 Å². The lowest BCUT2D eigenvalue weighted by Crippen LogP contribution is -2.08. The van der Waals surface area contributed by atoms with Crippen molar-refractivity contribution in [2.75, 3.05) is 0 Å². The van der Waals surface area contributed by atoms with Crippen LogP contribution in [0.25, 0.3) is 11.1 Å². The quantitative estimate of drug-likeness (QED) is 0.626. The standard InChI is InChI=1S/C18H19F3/c1-11(2)14-7-6-13(4)15(10-14)16-9-12(3)5-8-17(16)18(19,20)21/h5-11H,1-4H3. The Morgan fingerprint density at radius 1 is 0.857 bits per heavy atom. The predicted molar refractivity (Wildman–Crippen MR) is 80.4 cm³/mol. The molecule has 0 aliphatic heterocycles. The summed E-state index contributed by atoms with van der Waals surface area (Å²) in [7, 11) is 0. The van der Waals surface area contributed by atoms with Crippen molar-refractivity contribution >= 4 is 0 Å². The fourth-order valence-electron chi connectivity index (χ4n) is 2.42. The van der Waals surface area contributed by atoms with Crippen molar-refractivity contribution in [2.24, 2.45) is 0 Å². The zero-order valence-electron chi connectivity index (χ0n) is 12.7. The first-order valence-electron chi connectivity index (χ1n) is 6.99. The smallest absolute Gasteiger partial charge is 0.166 e. The van der Waals surface area contributed by atoms with Gasteiger partial charge in [-0.05, 0) is 48.1 Å². The summed E-state index contributed by atoms with van der Waals surface area (Å²) >= 11 is 0. The molecule has 3 heteroatoms. The molecule has 0 heterocycles. The van der Waals surface area contributed by atoms with E-state index in [0.29, 0.717) is 5.56 Å². The average Bonchev–Trinajstić information content (AvgIpc) is 2.37. The van der Waals surface area contributed by atoms with Gasteiger partial charge in [-0.3, -0.25) is 0 Å². The molecule has 0 aromatic heterocycles. The maximum Gasteiger partial charge on any atom is 0.417 e. The second-order valence-electron chi connectivity index (χ2n) is 5.78. The summed E-state index contributed by atoms with van der Waals surface area (Å²) in [5.41, 5.74) is 3.09. The maximum atomic E-state index is 13.3. The van der Waals surface area contributed by atoms with Crippen LogP contribution >= 0.6 is 0 Å². The van der Waals surface area contributed by atoms with E-state index in [2.05, 4.69) is 0 Å². The van der Waals surface area contributed by atoms with Crippen molar-refractivity contribution in [2.45, 2.75) is 39.8 Å². The van der Waals surface area contributed by atoms with E-state index >= 15 is 0 Å². The normalized spacial score (nSPS) is 12.0. The number of halogens is 3. The molecule has 0 spiro atoms. The lowest BCUT2D eigenvalue weighted by molar-refractivity contribution is -0.137. The zero-order chi connectivity index (χ0) is 15.8. The Hall–Kier alpha value is -1.77. The third-order valence-corrected chi connectivity index (χ3v) is 3.70. The van der Waals surface area contributed by atoms with Crippen LogP contribution in [0.4, 0.5) is 13.2 Å². The van der Waals surface area contributed by atoms with Crippen LogP contribution in [0.2, 0.25) is 0 Å². The van der Waals surface area contributed by atoms with Gasteiger partial charge in [0.15, 0.2) is 0 Å². The van der Waals surface area contributed by atoms with Gasteiger partial charge in [-0.25, -0.2) is 0 Å². The molecule has 0 unspecified atom stereocenters. The molecule has 0 bridgehead atoms. The molecule has 0 aliphatic rings. The maximum absolute atomic E-state index is 13.3. The van der Waals surface area contributed by atoms with Gasteiger partial charge in [-0.15, -0.1) is 0 Å². The van der Waals surface area contributed by atoms with Crippen LogP contribution in [0.1, 0.15) is 42.0 Å². The SMILES string of the molecule is Cc1ccc(C(F)(F)F)c(-c2cc(C(C)C)ccc2C)c1. The molecule has 2 aromatic carbocycles. The van der Waals surface area contributed by atoms with Gasteiger partial charge in [0.1, 0.15) is 0 Å². The monoisotopic (exact) mass is 292 g/mol. The highest BCUT2D eigenvalue weighted by molar-refractivity contribution is 5.72. The molecule has 2 aromatic rings. The van der Waals surface area contributed by atoms with Crippen molar-refractivity contribution in [3.8, 4) is 11.1 Å². The molecule has 0 saturated heterocycles. The van der Waals surface area contributed by atoms with Gasteiger partial charge >= 0.3 is 6.18 Å². The average molecular weight is 292 g/mol. The molecule has 0 saturated carbocycles. The summed E-state index contributed by atoms with van der Waals surface area (Å²) < 4.78 is 39.8. The van der Waals surface area contributed by atoms with Gasteiger partial charge in [0, 0.05) is 0 Å². The largest absolute Gasteiger partial charge is 0.417 e. The molecule has 0 radical (unpaired) electrons. The van der Waals surface area contributed by atoms with E-state index in [1.54, 1.807) is 6.07 Å². The van der Waals surface area contributed by atoms with Crippen LogP contribution in [-0.2, 0) is 6.18 Å². The van der Waals surface area contributed by atoms with Crippen LogP contribution in [0, 0.1) is 13.8 Å². The molecule has 0 amide bonds. The molecular formula is C18H19F3. The highest BCUT2D eigenvalue weighted by Crippen LogP contribution is 2.39. The minimum Gasteiger partial charge on any atom is -0.166 e. The van der Waals surface area contributed by atoms with Crippen LogP contribution < -0.4 is 0 Å². The first kappa shape index (κ1) is 15.6. The molecule has 0 aliphatic carbocycles. The van der Waals surface area contributed by atoms with Gasteiger partial charge in [0.2, 0.25) is 0 Å². The molecule has 21 heavy (non-hydrogen) atoms. The van der Waals surface area contributed by atoms with Gasteiger partial charge in [0.05, 0.1) is 5.56 Å². The Morgan fingerprint density at radius 3 is 2.10 bits per heavy atom. The summed E-state index contributed by atoms with van der Waals surface area (Å²) in [5, 5.41) is 0. The Labute approximate surface area is 123 Å². The number of hydrogen-bond donors (Lipinski definition) is 0. The molecule has 0 atom stereocenters. The summed E-state index contributed by atoms with van der Waals surface area (Å²) in [4.78, 5) is 0. The Kier molecular flexibility index (Phi) is 4.13. The number of hydrogen-bond acceptors (Lipinski definition) is 0. The van der Waals surface area contributed by atoms with Gasteiger partial charge in [-0.1, -0.05) is 49.7 Å². The summed E-state index contributed by atoms with van der Waals surface area (Å²) in [6.07, 6.45) is -4.34. The first-order chi connectivity index (χ1) is 9.70. The van der Waals surface area contributed by atoms with Gasteiger partial charge < -0.3 is 0 Å². The van der Waals surface area contributed by atoms with Crippen LogP contribution in [0.5, 0.6) is 0 Å². The Balaban J connectivity index is 2.71. The van der Waals surface area contributed by atoms with Crippen molar-refractivity contribution < 1.29 is 13.2 Å². The first-order valence-corrected chi connectivity index (χ1v) is 6.99. The summed E-state index contributed by atoms with van der Waals surface area (Å²) in [5.74, 6) is 0.281. The van der Waals surface area contributed by atoms with Crippen LogP contribution in [0.15, 0.2) is 36.4 Å². The zero-order valence-corrected chi connectivity index (χ0v) is 12.7. The third-order valence-electron chi connectivity index (χ3n) is 3.70. The fourth-order valence-corrected chi connectivity index (χ4v) is 2.42. The molecule has 0 fully saturated rings. The van der Waals surface area contributed by atoms with E-state index in [4.69, 9.17) is 0 Å².